The SMILES string of the molecule is CC[C@@H]1COCCN1C1=CC=C2CNCC(C)C2N1. The largest absolute Gasteiger partial charge is 0.377 e. The number of nitrogens with one attached hydrogen (secondary N) is 2. The normalized spacial score (nSPS) is 35.1. The van der Waals surface area contributed by atoms with Crippen molar-refractivity contribution < 1.29 is 4.74 Å². The van der Waals surface area contributed by atoms with Gasteiger partial charge >= 0.3 is 0 Å². The van der Waals surface area contributed by atoms with Crippen molar-refractivity contribution in [3.63, 3.8) is 0 Å². The summed E-state index contributed by atoms with van der Waals surface area (Å²) in [6, 6.07) is 1.01. The first-order valence-corrected chi connectivity index (χ1v) is 7.52. The molecule has 0 spiro atoms. The minimum Gasteiger partial charge on any atom is -0.377 e. The van der Waals surface area contributed by atoms with E-state index in [-0.39, 0.29) is 0 Å². The highest BCUT2D eigenvalue weighted by atomic mass is 16.5. The van der Waals surface area contributed by atoms with Crippen LogP contribution in [0.1, 0.15) is 20.3 Å². The number of dihydropyridines is 1. The molecule has 2 fully saturated rings. The maximum atomic E-state index is 5.60. The molecule has 0 aromatic heterocycles. The second-order valence-corrected chi connectivity index (χ2v) is 5.85. The van der Waals surface area contributed by atoms with Crippen LogP contribution in [0.4, 0.5) is 0 Å². The zero-order valence-corrected chi connectivity index (χ0v) is 12.0. The summed E-state index contributed by atoms with van der Waals surface area (Å²) in [5, 5.41) is 7.24. The van der Waals surface area contributed by atoms with Gasteiger partial charge in [-0.15, -0.1) is 0 Å². The average Bonchev–Trinajstić information content (AvgIpc) is 2.47. The first-order chi connectivity index (χ1) is 9.29. The first-order valence-electron chi connectivity index (χ1n) is 7.52. The van der Waals surface area contributed by atoms with Crippen molar-refractivity contribution in [1.29, 1.82) is 0 Å². The van der Waals surface area contributed by atoms with E-state index < -0.39 is 0 Å². The molecular formula is C15H25N3O. The molecule has 3 heterocycles. The van der Waals surface area contributed by atoms with Crippen LogP contribution >= 0.6 is 0 Å². The van der Waals surface area contributed by atoms with Gasteiger partial charge in [0, 0.05) is 19.6 Å². The molecule has 0 amide bonds. The number of piperidine rings is 1. The predicted molar refractivity (Wildman–Crippen MR) is 76.7 cm³/mol. The van der Waals surface area contributed by atoms with E-state index in [1.807, 2.05) is 0 Å². The number of ether oxygens (including phenoxy) is 1. The molecule has 3 aliphatic heterocycles. The van der Waals surface area contributed by atoms with Crippen LogP contribution in [0.3, 0.4) is 0 Å². The molecule has 2 saturated heterocycles. The predicted octanol–water partition coefficient (Wildman–Crippen LogP) is 1.08. The maximum Gasteiger partial charge on any atom is 0.102 e. The Morgan fingerprint density at radius 1 is 1.42 bits per heavy atom. The van der Waals surface area contributed by atoms with Crippen LogP contribution in [0.25, 0.3) is 0 Å². The Morgan fingerprint density at radius 3 is 3.16 bits per heavy atom. The van der Waals surface area contributed by atoms with Crippen molar-refractivity contribution in [3.8, 4) is 0 Å². The Labute approximate surface area is 115 Å². The summed E-state index contributed by atoms with van der Waals surface area (Å²) >= 11 is 0. The number of nitrogens with zero attached hydrogens (tertiary/aromatic N) is 1. The standard InChI is InChI=1S/C15H25N3O/c1-3-13-10-19-7-6-18(13)14-5-4-12-9-16-8-11(2)15(12)17-14/h4-5,11,13,15-17H,3,6-10H2,1-2H3/t11?,13-,15?/m1/s1. The van der Waals surface area contributed by atoms with Crippen LogP contribution in [-0.2, 0) is 4.74 Å². The number of fused-ring (bicyclic) bond motifs is 1. The molecule has 3 atom stereocenters. The third-order valence-electron chi connectivity index (χ3n) is 4.53. The van der Waals surface area contributed by atoms with Crippen molar-refractivity contribution in [1.82, 2.24) is 15.5 Å². The summed E-state index contributed by atoms with van der Waals surface area (Å²) in [5.74, 6) is 1.93. The van der Waals surface area contributed by atoms with Gasteiger partial charge in [0.15, 0.2) is 0 Å². The van der Waals surface area contributed by atoms with E-state index in [0.29, 0.717) is 18.0 Å². The van der Waals surface area contributed by atoms with Crippen molar-refractivity contribution in [3.05, 3.63) is 23.5 Å². The van der Waals surface area contributed by atoms with Gasteiger partial charge in [0.1, 0.15) is 5.82 Å². The highest BCUT2D eigenvalue weighted by Gasteiger charge is 2.31. The summed E-state index contributed by atoms with van der Waals surface area (Å²) < 4.78 is 5.60. The molecule has 0 aromatic rings. The Kier molecular flexibility index (Phi) is 3.80. The second-order valence-electron chi connectivity index (χ2n) is 5.85. The lowest BCUT2D eigenvalue weighted by Gasteiger charge is -2.43. The Morgan fingerprint density at radius 2 is 2.32 bits per heavy atom. The monoisotopic (exact) mass is 263 g/mol. The Bertz CT molecular complexity index is 391. The molecule has 3 aliphatic rings. The van der Waals surface area contributed by atoms with Crippen molar-refractivity contribution in [2.75, 3.05) is 32.8 Å². The summed E-state index contributed by atoms with van der Waals surface area (Å²) in [6.07, 6.45) is 5.69. The highest BCUT2D eigenvalue weighted by molar-refractivity contribution is 5.30. The molecule has 0 radical (unpaired) electrons. The zero-order chi connectivity index (χ0) is 13.2. The molecule has 2 unspecified atom stereocenters. The highest BCUT2D eigenvalue weighted by Crippen LogP contribution is 2.24. The summed E-state index contributed by atoms with van der Waals surface area (Å²) in [5.41, 5.74) is 1.49. The molecule has 3 rings (SSSR count). The van der Waals surface area contributed by atoms with Gasteiger partial charge in [0.2, 0.25) is 0 Å². The lowest BCUT2D eigenvalue weighted by atomic mass is 9.88. The number of morpholine rings is 1. The molecule has 4 heteroatoms. The fourth-order valence-corrected chi connectivity index (χ4v) is 3.32. The van der Waals surface area contributed by atoms with Crippen LogP contribution in [0.2, 0.25) is 0 Å². The van der Waals surface area contributed by atoms with Crippen molar-refractivity contribution in [2.24, 2.45) is 5.92 Å². The third kappa shape index (κ3) is 2.51. The lowest BCUT2D eigenvalue weighted by Crippen LogP contribution is -2.54. The van der Waals surface area contributed by atoms with E-state index in [1.165, 1.54) is 11.4 Å². The number of hydrogen-bond donors (Lipinski definition) is 2. The summed E-state index contributed by atoms with van der Waals surface area (Å²) in [4.78, 5) is 2.49. The molecule has 0 aromatic carbocycles. The second kappa shape index (κ2) is 5.55. The van der Waals surface area contributed by atoms with Crippen LogP contribution in [0.5, 0.6) is 0 Å². The Balaban J connectivity index is 1.78. The zero-order valence-electron chi connectivity index (χ0n) is 12.0. The maximum absolute atomic E-state index is 5.60. The minimum atomic E-state index is 0.501. The smallest absolute Gasteiger partial charge is 0.102 e. The number of allylic oxidation sites excluding steroid dienone is 2. The van der Waals surface area contributed by atoms with Gasteiger partial charge < -0.3 is 20.3 Å². The molecule has 0 saturated carbocycles. The fraction of sp³-hybridized carbons (Fsp3) is 0.733. The van der Waals surface area contributed by atoms with Crippen molar-refractivity contribution >= 4 is 0 Å². The molecule has 106 valence electrons. The van der Waals surface area contributed by atoms with Gasteiger partial charge in [-0.25, -0.2) is 0 Å². The van der Waals surface area contributed by atoms with E-state index in [9.17, 15) is 0 Å². The van der Waals surface area contributed by atoms with Crippen LogP contribution < -0.4 is 10.6 Å². The summed E-state index contributed by atoms with van der Waals surface area (Å²) in [6.45, 7) is 9.37. The van der Waals surface area contributed by atoms with Crippen LogP contribution in [0.15, 0.2) is 23.5 Å². The van der Waals surface area contributed by atoms with E-state index in [2.05, 4.69) is 41.5 Å². The third-order valence-corrected chi connectivity index (χ3v) is 4.53. The molecule has 0 bridgehead atoms. The van der Waals surface area contributed by atoms with E-state index >= 15 is 0 Å². The van der Waals surface area contributed by atoms with Crippen LogP contribution in [-0.4, -0.2) is 49.8 Å². The topological polar surface area (TPSA) is 36.5 Å². The molecule has 4 nitrogen and oxygen atoms in total. The average molecular weight is 263 g/mol. The van der Waals surface area contributed by atoms with Gasteiger partial charge in [-0.05, 0) is 24.0 Å². The van der Waals surface area contributed by atoms with Gasteiger partial charge in [-0.3, -0.25) is 0 Å². The van der Waals surface area contributed by atoms with Crippen LogP contribution in [0, 0.1) is 5.92 Å². The Hall–Kier alpha value is -1.00. The lowest BCUT2D eigenvalue weighted by molar-refractivity contribution is 0.00390. The quantitative estimate of drug-likeness (QED) is 0.781. The molecule has 19 heavy (non-hydrogen) atoms. The number of rotatable bonds is 2. The summed E-state index contributed by atoms with van der Waals surface area (Å²) in [7, 11) is 0. The van der Waals surface area contributed by atoms with Gasteiger partial charge in [-0.1, -0.05) is 19.9 Å². The molecular weight excluding hydrogens is 238 g/mol. The van der Waals surface area contributed by atoms with E-state index in [1.54, 1.807) is 0 Å². The molecule has 2 N–H and O–H groups in total. The van der Waals surface area contributed by atoms with Gasteiger partial charge in [0.25, 0.3) is 0 Å². The van der Waals surface area contributed by atoms with E-state index in [0.717, 1.165) is 39.3 Å². The minimum absolute atomic E-state index is 0.501. The van der Waals surface area contributed by atoms with Crippen molar-refractivity contribution in [2.45, 2.75) is 32.4 Å². The van der Waals surface area contributed by atoms with E-state index in [4.69, 9.17) is 4.74 Å². The van der Waals surface area contributed by atoms with Gasteiger partial charge in [-0.2, -0.15) is 0 Å². The number of hydrogen-bond acceptors (Lipinski definition) is 4. The fourth-order valence-electron chi connectivity index (χ4n) is 3.32. The first kappa shape index (κ1) is 13.0. The van der Waals surface area contributed by atoms with Gasteiger partial charge in [0.05, 0.1) is 25.3 Å². The molecule has 0 aliphatic carbocycles.